The van der Waals surface area contributed by atoms with Gasteiger partial charge in [-0.05, 0) is 37.6 Å². The maximum atomic E-state index is 11.9. The monoisotopic (exact) mass is 303 g/mol. The van der Waals surface area contributed by atoms with Crippen molar-refractivity contribution in [1.82, 2.24) is 0 Å². The number of carbonyl (C=O) groups excluding carboxylic acids is 2. The normalized spacial score (nSPS) is 9.64. The number of anilines is 1. The van der Waals surface area contributed by atoms with Gasteiger partial charge >= 0.3 is 5.97 Å². The summed E-state index contributed by atoms with van der Waals surface area (Å²) in [5, 5.41) is 2.77. The average molecular weight is 303 g/mol. The fraction of sp³-hybridized carbons (Fsp3) is 0.375. The highest BCUT2D eigenvalue weighted by molar-refractivity contribution is 5.96. The zero-order valence-corrected chi connectivity index (χ0v) is 12.9. The summed E-state index contributed by atoms with van der Waals surface area (Å²) in [4.78, 5) is 23.6. The molecule has 0 heterocycles. The molecule has 0 aromatic heterocycles. The van der Waals surface area contributed by atoms with E-state index in [1.165, 1.54) is 7.11 Å². The Kier molecular flexibility index (Phi) is 7.09. The fourth-order valence-electron chi connectivity index (χ4n) is 1.96. The van der Waals surface area contributed by atoms with Crippen LogP contribution in [0.4, 0.5) is 5.69 Å². The first-order valence-corrected chi connectivity index (χ1v) is 6.95. The molecule has 1 rings (SSSR count). The van der Waals surface area contributed by atoms with E-state index in [0.29, 0.717) is 41.8 Å². The Hall–Kier alpha value is -2.36. The number of esters is 1. The molecule has 5 N–H and O–H groups in total. The van der Waals surface area contributed by atoms with E-state index >= 15 is 0 Å². The Bertz CT molecular complexity index is 615. The van der Waals surface area contributed by atoms with E-state index in [1.807, 2.05) is 0 Å². The van der Waals surface area contributed by atoms with E-state index in [9.17, 15) is 9.59 Å². The van der Waals surface area contributed by atoms with Gasteiger partial charge < -0.3 is 21.5 Å². The third kappa shape index (κ3) is 4.88. The van der Waals surface area contributed by atoms with Gasteiger partial charge in [-0.15, -0.1) is 0 Å². The van der Waals surface area contributed by atoms with E-state index in [-0.39, 0.29) is 12.5 Å². The summed E-state index contributed by atoms with van der Waals surface area (Å²) in [6.45, 7) is 2.39. The summed E-state index contributed by atoms with van der Waals surface area (Å²) in [6.07, 6.45) is 0.961. The van der Waals surface area contributed by atoms with Crippen molar-refractivity contribution >= 4 is 17.6 Å². The topological polar surface area (TPSA) is 107 Å². The van der Waals surface area contributed by atoms with Crippen LogP contribution >= 0.6 is 0 Å². The molecule has 0 saturated heterocycles. The van der Waals surface area contributed by atoms with Crippen molar-refractivity contribution < 1.29 is 14.3 Å². The molecule has 1 aromatic carbocycles. The standard InChI is InChI=1S/C16H21N3O3/c1-11-9-13(19-14(20)6-4-8-18)10-12(5-3-7-17)15(11)16(21)22-2/h9-10H,4,6-8,17-18H2,1-2H3,(H,19,20). The molecular formula is C16H21N3O3. The molecule has 22 heavy (non-hydrogen) atoms. The van der Waals surface area contributed by atoms with Crippen molar-refractivity contribution in [2.75, 3.05) is 25.5 Å². The van der Waals surface area contributed by atoms with Gasteiger partial charge in [0.05, 0.1) is 19.2 Å². The summed E-state index contributed by atoms with van der Waals surface area (Å²) >= 11 is 0. The Morgan fingerprint density at radius 3 is 2.64 bits per heavy atom. The molecular weight excluding hydrogens is 282 g/mol. The molecule has 0 fully saturated rings. The number of carbonyl (C=O) groups is 2. The maximum Gasteiger partial charge on any atom is 0.339 e. The van der Waals surface area contributed by atoms with E-state index in [1.54, 1.807) is 19.1 Å². The minimum Gasteiger partial charge on any atom is -0.465 e. The lowest BCUT2D eigenvalue weighted by Gasteiger charge is -2.11. The number of aryl methyl sites for hydroxylation is 1. The molecule has 1 amide bonds. The van der Waals surface area contributed by atoms with Crippen LogP contribution in [0.1, 0.15) is 34.3 Å². The van der Waals surface area contributed by atoms with E-state index in [2.05, 4.69) is 17.2 Å². The molecule has 6 nitrogen and oxygen atoms in total. The third-order valence-electron chi connectivity index (χ3n) is 2.94. The van der Waals surface area contributed by atoms with Crippen LogP contribution in [0.5, 0.6) is 0 Å². The summed E-state index contributed by atoms with van der Waals surface area (Å²) in [5.41, 5.74) is 12.9. The minimum atomic E-state index is -0.472. The van der Waals surface area contributed by atoms with Gasteiger partial charge in [0, 0.05) is 17.7 Å². The minimum absolute atomic E-state index is 0.131. The van der Waals surface area contributed by atoms with Gasteiger partial charge in [0.2, 0.25) is 5.91 Å². The molecule has 0 aliphatic rings. The number of methoxy groups -OCH3 is 1. The molecule has 0 aliphatic heterocycles. The van der Waals surface area contributed by atoms with Crippen LogP contribution in [0.15, 0.2) is 12.1 Å². The van der Waals surface area contributed by atoms with Crippen molar-refractivity contribution in [3.8, 4) is 11.8 Å². The third-order valence-corrected chi connectivity index (χ3v) is 2.94. The second-order valence-electron chi connectivity index (χ2n) is 4.65. The smallest absolute Gasteiger partial charge is 0.339 e. The Morgan fingerprint density at radius 2 is 2.05 bits per heavy atom. The van der Waals surface area contributed by atoms with Gasteiger partial charge in [-0.2, -0.15) is 0 Å². The first kappa shape index (κ1) is 17.7. The zero-order chi connectivity index (χ0) is 16.5. The van der Waals surface area contributed by atoms with E-state index in [4.69, 9.17) is 16.2 Å². The van der Waals surface area contributed by atoms with Crippen LogP contribution < -0.4 is 16.8 Å². The predicted octanol–water partition coefficient (Wildman–Crippen LogP) is 0.769. The van der Waals surface area contributed by atoms with Gasteiger partial charge in [-0.25, -0.2) is 4.79 Å². The molecule has 0 unspecified atom stereocenters. The largest absolute Gasteiger partial charge is 0.465 e. The second-order valence-corrected chi connectivity index (χ2v) is 4.65. The molecule has 0 atom stereocenters. The van der Waals surface area contributed by atoms with Gasteiger partial charge in [0.25, 0.3) is 0 Å². The van der Waals surface area contributed by atoms with Crippen molar-refractivity contribution in [1.29, 1.82) is 0 Å². The van der Waals surface area contributed by atoms with Crippen molar-refractivity contribution in [2.45, 2.75) is 19.8 Å². The molecule has 6 heteroatoms. The van der Waals surface area contributed by atoms with Gasteiger partial charge in [-0.3, -0.25) is 4.79 Å². The van der Waals surface area contributed by atoms with Crippen LogP contribution in [0.2, 0.25) is 0 Å². The van der Waals surface area contributed by atoms with Crippen LogP contribution in [-0.4, -0.2) is 32.1 Å². The first-order valence-electron chi connectivity index (χ1n) is 6.95. The lowest BCUT2D eigenvalue weighted by atomic mass is 10.0. The number of benzene rings is 1. The Balaban J connectivity index is 3.15. The average Bonchev–Trinajstić information content (AvgIpc) is 2.49. The van der Waals surface area contributed by atoms with Crippen LogP contribution in [0.25, 0.3) is 0 Å². The zero-order valence-electron chi connectivity index (χ0n) is 12.9. The van der Waals surface area contributed by atoms with Gasteiger partial charge in [0.1, 0.15) is 0 Å². The maximum absolute atomic E-state index is 11.9. The highest BCUT2D eigenvalue weighted by Crippen LogP contribution is 2.21. The Labute approximate surface area is 130 Å². The number of amides is 1. The highest BCUT2D eigenvalue weighted by Gasteiger charge is 2.16. The van der Waals surface area contributed by atoms with Gasteiger partial charge in [-0.1, -0.05) is 11.8 Å². The summed E-state index contributed by atoms with van der Waals surface area (Å²) in [6, 6.07) is 3.35. The van der Waals surface area contributed by atoms with E-state index < -0.39 is 5.97 Å². The van der Waals surface area contributed by atoms with Crippen LogP contribution in [0.3, 0.4) is 0 Å². The molecule has 118 valence electrons. The molecule has 0 radical (unpaired) electrons. The van der Waals surface area contributed by atoms with Crippen molar-refractivity contribution in [3.05, 3.63) is 28.8 Å². The number of hydrogen-bond donors (Lipinski definition) is 3. The lowest BCUT2D eigenvalue weighted by molar-refractivity contribution is -0.116. The Morgan fingerprint density at radius 1 is 1.32 bits per heavy atom. The number of rotatable bonds is 5. The first-order chi connectivity index (χ1) is 10.5. The molecule has 0 bridgehead atoms. The molecule has 1 aromatic rings. The van der Waals surface area contributed by atoms with Crippen molar-refractivity contribution in [2.24, 2.45) is 11.5 Å². The fourth-order valence-corrected chi connectivity index (χ4v) is 1.96. The summed E-state index contributed by atoms with van der Waals surface area (Å²) < 4.78 is 4.77. The second kappa shape index (κ2) is 8.82. The summed E-state index contributed by atoms with van der Waals surface area (Å²) in [7, 11) is 1.31. The molecule has 0 aliphatic carbocycles. The number of hydrogen-bond acceptors (Lipinski definition) is 5. The predicted molar refractivity (Wildman–Crippen MR) is 85.4 cm³/mol. The van der Waals surface area contributed by atoms with Crippen LogP contribution in [-0.2, 0) is 9.53 Å². The SMILES string of the molecule is COC(=O)c1c(C)cc(NC(=O)CCCN)cc1C#CCN. The number of ether oxygens (including phenoxy) is 1. The molecule has 0 spiro atoms. The van der Waals surface area contributed by atoms with Gasteiger partial charge in [0.15, 0.2) is 0 Å². The quantitative estimate of drug-likeness (QED) is 0.550. The van der Waals surface area contributed by atoms with E-state index in [0.717, 1.165) is 0 Å². The molecule has 0 saturated carbocycles. The highest BCUT2D eigenvalue weighted by atomic mass is 16.5. The lowest BCUT2D eigenvalue weighted by Crippen LogP contribution is -2.15. The van der Waals surface area contributed by atoms with Crippen molar-refractivity contribution in [3.63, 3.8) is 0 Å². The number of nitrogens with two attached hydrogens (primary N) is 2. The summed E-state index contributed by atoms with van der Waals surface area (Å²) in [5.74, 6) is 4.94. The van der Waals surface area contributed by atoms with Crippen LogP contribution in [0, 0.1) is 18.8 Å². The number of nitrogens with one attached hydrogen (secondary N) is 1.